The highest BCUT2D eigenvalue weighted by Gasteiger charge is 2.32. The minimum absolute atomic E-state index is 0.184. The summed E-state index contributed by atoms with van der Waals surface area (Å²) in [5, 5.41) is 3.39. The molecule has 25 heavy (non-hydrogen) atoms. The van der Waals surface area contributed by atoms with Crippen LogP contribution in [-0.2, 0) is 19.0 Å². The summed E-state index contributed by atoms with van der Waals surface area (Å²) in [6.45, 7) is 4.69. The van der Waals surface area contributed by atoms with E-state index in [1.165, 1.54) is 6.07 Å². The molecule has 0 aliphatic carbocycles. The number of halogens is 3. The van der Waals surface area contributed by atoms with Gasteiger partial charge in [-0.15, -0.1) is 0 Å². The molecule has 0 spiro atoms. The van der Waals surface area contributed by atoms with Crippen LogP contribution in [0.1, 0.15) is 30.8 Å². The van der Waals surface area contributed by atoms with Gasteiger partial charge in [0.1, 0.15) is 11.4 Å². The molecule has 1 aromatic heterocycles. The van der Waals surface area contributed by atoms with Crippen molar-refractivity contribution in [1.82, 2.24) is 10.3 Å². The number of pyridine rings is 1. The van der Waals surface area contributed by atoms with E-state index in [-0.39, 0.29) is 5.54 Å². The van der Waals surface area contributed by atoms with Gasteiger partial charge in [0.2, 0.25) is 0 Å². The zero-order valence-corrected chi connectivity index (χ0v) is 14.7. The molecule has 0 fully saturated rings. The Morgan fingerprint density at radius 3 is 2.32 bits per heavy atom. The molecule has 3 nitrogen and oxygen atoms in total. The van der Waals surface area contributed by atoms with Crippen molar-refractivity contribution in [2.24, 2.45) is 0 Å². The molecular formula is C19H23F3N2O. The number of hydrogen-bond acceptors (Lipinski definition) is 3. The van der Waals surface area contributed by atoms with Crippen LogP contribution in [0.5, 0.6) is 5.75 Å². The SMILES string of the molecule is COc1ccc(CC(C)(C)NCCc2cccc(C(F)(F)F)n2)cc1. The number of methoxy groups -OCH3 is 1. The molecule has 6 heteroatoms. The molecule has 0 aliphatic rings. The normalized spacial score (nSPS) is 12.2. The molecule has 0 radical (unpaired) electrons. The van der Waals surface area contributed by atoms with E-state index in [9.17, 15) is 13.2 Å². The second-order valence-corrected chi connectivity index (χ2v) is 6.60. The van der Waals surface area contributed by atoms with Crippen LogP contribution < -0.4 is 10.1 Å². The van der Waals surface area contributed by atoms with Crippen molar-refractivity contribution in [1.29, 1.82) is 0 Å². The van der Waals surface area contributed by atoms with Crippen LogP contribution in [-0.4, -0.2) is 24.2 Å². The average molecular weight is 352 g/mol. The summed E-state index contributed by atoms with van der Waals surface area (Å²) in [6.07, 6.45) is -3.17. The Labute approximate surface area is 146 Å². The summed E-state index contributed by atoms with van der Waals surface area (Å²) in [7, 11) is 1.63. The van der Waals surface area contributed by atoms with Gasteiger partial charge in [0, 0.05) is 24.2 Å². The number of alkyl halides is 3. The quantitative estimate of drug-likeness (QED) is 0.808. The van der Waals surface area contributed by atoms with Crippen LogP contribution >= 0.6 is 0 Å². The molecule has 0 saturated heterocycles. The molecule has 1 N–H and O–H groups in total. The number of nitrogens with zero attached hydrogens (tertiary/aromatic N) is 1. The molecule has 0 amide bonds. The van der Waals surface area contributed by atoms with Gasteiger partial charge in [-0.2, -0.15) is 13.2 Å². The Balaban J connectivity index is 1.89. The smallest absolute Gasteiger partial charge is 0.433 e. The number of aromatic nitrogens is 1. The third-order valence-corrected chi connectivity index (χ3v) is 3.89. The zero-order chi connectivity index (χ0) is 18.5. The van der Waals surface area contributed by atoms with Crippen LogP contribution in [0.3, 0.4) is 0 Å². The molecule has 0 saturated carbocycles. The van der Waals surface area contributed by atoms with Gasteiger partial charge >= 0.3 is 6.18 Å². The number of rotatable bonds is 7. The third kappa shape index (κ3) is 6.05. The molecule has 136 valence electrons. The minimum Gasteiger partial charge on any atom is -0.497 e. The fourth-order valence-electron chi connectivity index (χ4n) is 2.62. The van der Waals surface area contributed by atoms with Crippen molar-refractivity contribution in [2.45, 2.75) is 38.4 Å². The van der Waals surface area contributed by atoms with E-state index in [4.69, 9.17) is 4.74 Å². The van der Waals surface area contributed by atoms with Crippen LogP contribution in [0, 0.1) is 0 Å². The zero-order valence-electron chi connectivity index (χ0n) is 14.7. The maximum Gasteiger partial charge on any atom is 0.433 e. The van der Waals surface area contributed by atoms with Crippen LogP contribution in [0.15, 0.2) is 42.5 Å². The van der Waals surface area contributed by atoms with E-state index < -0.39 is 11.9 Å². The number of ether oxygens (including phenoxy) is 1. The minimum atomic E-state index is -4.41. The van der Waals surface area contributed by atoms with Gasteiger partial charge in [-0.3, -0.25) is 0 Å². The highest BCUT2D eigenvalue weighted by Crippen LogP contribution is 2.27. The topological polar surface area (TPSA) is 34.1 Å². The van der Waals surface area contributed by atoms with Gasteiger partial charge in [-0.1, -0.05) is 18.2 Å². The predicted molar refractivity (Wildman–Crippen MR) is 91.7 cm³/mol. The van der Waals surface area contributed by atoms with E-state index in [0.29, 0.717) is 18.7 Å². The van der Waals surface area contributed by atoms with Gasteiger partial charge in [0.25, 0.3) is 0 Å². The average Bonchev–Trinajstić information content (AvgIpc) is 2.54. The first-order chi connectivity index (χ1) is 11.7. The fourth-order valence-corrected chi connectivity index (χ4v) is 2.62. The van der Waals surface area contributed by atoms with Crippen molar-refractivity contribution in [2.75, 3.05) is 13.7 Å². The lowest BCUT2D eigenvalue weighted by atomic mass is 9.94. The Bertz CT molecular complexity index is 682. The molecule has 0 unspecified atom stereocenters. The Hall–Kier alpha value is -2.08. The van der Waals surface area contributed by atoms with Gasteiger partial charge in [0.15, 0.2) is 0 Å². The summed E-state index contributed by atoms with van der Waals surface area (Å²) in [6, 6.07) is 11.9. The van der Waals surface area contributed by atoms with Gasteiger partial charge in [0.05, 0.1) is 7.11 Å². The lowest BCUT2D eigenvalue weighted by Crippen LogP contribution is -2.42. The van der Waals surface area contributed by atoms with E-state index in [1.807, 2.05) is 24.3 Å². The monoisotopic (exact) mass is 352 g/mol. The van der Waals surface area contributed by atoms with Crippen molar-refractivity contribution >= 4 is 0 Å². The summed E-state index contributed by atoms with van der Waals surface area (Å²) < 4.78 is 43.2. The molecule has 2 rings (SSSR count). The fraction of sp³-hybridized carbons (Fsp3) is 0.421. The summed E-state index contributed by atoms with van der Waals surface area (Å²) in [4.78, 5) is 3.69. The Kier molecular flexibility index (Phi) is 6.06. The molecule has 0 bridgehead atoms. The van der Waals surface area contributed by atoms with Gasteiger partial charge < -0.3 is 10.1 Å². The van der Waals surface area contributed by atoms with E-state index >= 15 is 0 Å². The first-order valence-electron chi connectivity index (χ1n) is 8.11. The van der Waals surface area contributed by atoms with Crippen LogP contribution in [0.2, 0.25) is 0 Å². The van der Waals surface area contributed by atoms with Crippen LogP contribution in [0.25, 0.3) is 0 Å². The highest BCUT2D eigenvalue weighted by molar-refractivity contribution is 5.28. The predicted octanol–water partition coefficient (Wildman–Crippen LogP) is 4.26. The standard InChI is InChI=1S/C19H23F3N2O/c1-18(2,13-14-7-9-16(25-3)10-8-14)23-12-11-15-5-4-6-17(24-15)19(20,21)22/h4-10,23H,11-13H2,1-3H3. The van der Waals surface area contributed by atoms with Crippen molar-refractivity contribution in [3.05, 3.63) is 59.4 Å². The summed E-state index contributed by atoms with van der Waals surface area (Å²) >= 11 is 0. The first kappa shape index (κ1) is 19.2. The molecule has 2 aromatic rings. The largest absolute Gasteiger partial charge is 0.497 e. The molecule has 1 aromatic carbocycles. The second-order valence-electron chi connectivity index (χ2n) is 6.60. The number of nitrogens with one attached hydrogen (secondary N) is 1. The number of benzene rings is 1. The van der Waals surface area contributed by atoms with E-state index in [0.717, 1.165) is 23.8 Å². The van der Waals surface area contributed by atoms with E-state index in [1.54, 1.807) is 13.2 Å². The van der Waals surface area contributed by atoms with Gasteiger partial charge in [-0.05, 0) is 50.1 Å². The summed E-state index contributed by atoms with van der Waals surface area (Å²) in [5.74, 6) is 0.810. The first-order valence-corrected chi connectivity index (χ1v) is 8.11. The molecule has 1 heterocycles. The van der Waals surface area contributed by atoms with Gasteiger partial charge in [-0.25, -0.2) is 4.98 Å². The highest BCUT2D eigenvalue weighted by atomic mass is 19.4. The van der Waals surface area contributed by atoms with Crippen molar-refractivity contribution in [3.63, 3.8) is 0 Å². The third-order valence-electron chi connectivity index (χ3n) is 3.89. The van der Waals surface area contributed by atoms with Crippen LogP contribution in [0.4, 0.5) is 13.2 Å². The molecular weight excluding hydrogens is 329 g/mol. The lowest BCUT2D eigenvalue weighted by molar-refractivity contribution is -0.141. The molecule has 0 atom stereocenters. The Morgan fingerprint density at radius 1 is 1.04 bits per heavy atom. The Morgan fingerprint density at radius 2 is 1.72 bits per heavy atom. The number of hydrogen-bond donors (Lipinski definition) is 1. The van der Waals surface area contributed by atoms with E-state index in [2.05, 4.69) is 24.1 Å². The lowest BCUT2D eigenvalue weighted by Gasteiger charge is -2.26. The maximum absolute atomic E-state index is 12.7. The molecule has 0 aliphatic heterocycles. The maximum atomic E-state index is 12.7. The summed E-state index contributed by atoms with van der Waals surface area (Å²) in [5.41, 5.74) is 0.566. The second kappa shape index (κ2) is 7.87. The van der Waals surface area contributed by atoms with Crippen molar-refractivity contribution < 1.29 is 17.9 Å². The van der Waals surface area contributed by atoms with Crippen molar-refractivity contribution in [3.8, 4) is 5.75 Å².